The van der Waals surface area contributed by atoms with Crippen LogP contribution in [0.25, 0.3) is 150 Å². The van der Waals surface area contributed by atoms with Gasteiger partial charge in [-0.2, -0.15) is 0 Å². The molecule has 0 saturated heterocycles. The largest absolute Gasteiger partial charge is 0.309 e. The van der Waals surface area contributed by atoms with Crippen molar-refractivity contribution >= 4 is 65.4 Å². The van der Waals surface area contributed by atoms with Crippen molar-refractivity contribution < 1.29 is 0 Å². The van der Waals surface area contributed by atoms with Gasteiger partial charge in [0.2, 0.25) is 0 Å². The molecular formula is C77H51N5. The molecule has 0 aliphatic heterocycles. The van der Waals surface area contributed by atoms with E-state index in [1.807, 2.05) is 6.07 Å². The lowest BCUT2D eigenvalue weighted by Crippen LogP contribution is -2.03. The average molecular weight is 1050 g/mol. The second kappa shape index (κ2) is 19.2. The number of fused-ring (bicyclic) bond motifs is 9. The van der Waals surface area contributed by atoms with Gasteiger partial charge in [-0.05, 0) is 114 Å². The van der Waals surface area contributed by atoms with Crippen LogP contribution in [-0.2, 0) is 0 Å². The highest BCUT2D eigenvalue weighted by Gasteiger charge is 2.24. The van der Waals surface area contributed by atoms with Crippen molar-refractivity contribution in [2.24, 2.45) is 0 Å². The van der Waals surface area contributed by atoms with Gasteiger partial charge in [0.1, 0.15) is 0 Å². The van der Waals surface area contributed by atoms with Crippen molar-refractivity contribution in [1.82, 2.24) is 23.7 Å². The summed E-state index contributed by atoms with van der Waals surface area (Å²) in [5.41, 5.74) is 22.8. The van der Waals surface area contributed by atoms with Crippen molar-refractivity contribution in [3.05, 3.63) is 297 Å². The van der Waals surface area contributed by atoms with Gasteiger partial charge < -0.3 is 13.7 Å². The zero-order chi connectivity index (χ0) is 54.3. The lowest BCUT2D eigenvalue weighted by molar-refractivity contribution is 1.16. The molecule has 5 nitrogen and oxygen atoms in total. The number of aromatic nitrogens is 5. The summed E-state index contributed by atoms with van der Waals surface area (Å²) in [6.45, 7) is 2.16. The van der Waals surface area contributed by atoms with Crippen molar-refractivity contribution in [3.8, 4) is 84.3 Å². The van der Waals surface area contributed by atoms with Crippen LogP contribution in [0.1, 0.15) is 5.56 Å². The molecule has 384 valence electrons. The predicted octanol–water partition coefficient (Wildman–Crippen LogP) is 20.1. The second-order valence-corrected chi connectivity index (χ2v) is 21.4. The maximum absolute atomic E-state index is 5.49. The van der Waals surface area contributed by atoms with E-state index in [1.54, 1.807) is 0 Å². The molecule has 0 fully saturated rings. The highest BCUT2D eigenvalue weighted by Crippen LogP contribution is 2.46. The van der Waals surface area contributed by atoms with E-state index in [2.05, 4.69) is 306 Å². The van der Waals surface area contributed by atoms with Crippen LogP contribution in [0.2, 0.25) is 0 Å². The Bertz CT molecular complexity index is 4800. The third kappa shape index (κ3) is 7.77. The zero-order valence-corrected chi connectivity index (χ0v) is 44.9. The SMILES string of the molecule is Cc1cccc(-c2ccc3c(c2)c2ccccc2n3-c2c(-c3ccc(-n4c5ccccc5c5ccccc54)cc3)cc(-c3cc(-c4ccccc4)nc(-c4ccccc4)n3)cc2-c2ccc(-n3c4ccccc4c4ccccc43)cc2)c1. The number of para-hydroxylation sites is 5. The molecule has 0 radical (unpaired) electrons. The Morgan fingerprint density at radius 3 is 1.11 bits per heavy atom. The van der Waals surface area contributed by atoms with Gasteiger partial charge in [0.15, 0.2) is 5.82 Å². The predicted molar refractivity (Wildman–Crippen MR) is 342 cm³/mol. The molecule has 4 aromatic heterocycles. The molecule has 0 N–H and O–H groups in total. The molecular weight excluding hydrogens is 995 g/mol. The number of hydrogen-bond acceptors (Lipinski definition) is 2. The Hall–Kier alpha value is -10.9. The molecule has 0 spiro atoms. The zero-order valence-electron chi connectivity index (χ0n) is 44.9. The van der Waals surface area contributed by atoms with Crippen molar-refractivity contribution in [2.45, 2.75) is 6.92 Å². The van der Waals surface area contributed by atoms with Crippen molar-refractivity contribution in [2.75, 3.05) is 0 Å². The lowest BCUT2D eigenvalue weighted by atomic mass is 9.91. The molecule has 4 heterocycles. The van der Waals surface area contributed by atoms with Crippen molar-refractivity contribution in [1.29, 1.82) is 0 Å². The van der Waals surface area contributed by atoms with E-state index in [1.165, 1.54) is 71.1 Å². The molecule has 0 amide bonds. The average Bonchev–Trinajstić information content (AvgIpc) is 4.34. The monoisotopic (exact) mass is 1050 g/mol. The second-order valence-electron chi connectivity index (χ2n) is 21.4. The Labute approximate surface area is 474 Å². The fourth-order valence-electron chi connectivity index (χ4n) is 12.7. The van der Waals surface area contributed by atoms with Crippen molar-refractivity contribution in [3.63, 3.8) is 0 Å². The summed E-state index contributed by atoms with van der Waals surface area (Å²) < 4.78 is 7.31. The smallest absolute Gasteiger partial charge is 0.160 e. The van der Waals surface area contributed by atoms with Crippen LogP contribution in [0.15, 0.2) is 291 Å². The van der Waals surface area contributed by atoms with Crippen LogP contribution in [-0.4, -0.2) is 23.7 Å². The van der Waals surface area contributed by atoms with Crippen LogP contribution >= 0.6 is 0 Å². The number of hydrogen-bond donors (Lipinski definition) is 0. The maximum Gasteiger partial charge on any atom is 0.160 e. The number of aryl methyl sites for hydroxylation is 1. The van der Waals surface area contributed by atoms with Gasteiger partial charge in [-0.3, -0.25) is 0 Å². The van der Waals surface area contributed by atoms with E-state index < -0.39 is 0 Å². The summed E-state index contributed by atoms with van der Waals surface area (Å²) in [6, 6.07) is 106. The van der Waals surface area contributed by atoms with Gasteiger partial charge in [-0.15, -0.1) is 0 Å². The molecule has 12 aromatic carbocycles. The van der Waals surface area contributed by atoms with Crippen LogP contribution in [0.5, 0.6) is 0 Å². The van der Waals surface area contributed by atoms with Gasteiger partial charge >= 0.3 is 0 Å². The van der Waals surface area contributed by atoms with Gasteiger partial charge in [0.05, 0.1) is 50.2 Å². The minimum atomic E-state index is 0.669. The molecule has 0 aliphatic rings. The molecule has 16 rings (SSSR count). The quantitative estimate of drug-likeness (QED) is 0.145. The molecule has 16 aromatic rings. The third-order valence-electron chi connectivity index (χ3n) is 16.5. The highest BCUT2D eigenvalue weighted by molar-refractivity contribution is 6.13. The van der Waals surface area contributed by atoms with Crippen LogP contribution < -0.4 is 0 Å². The fraction of sp³-hybridized carbons (Fsp3) is 0.0130. The van der Waals surface area contributed by atoms with E-state index >= 15 is 0 Å². The molecule has 0 aliphatic carbocycles. The number of nitrogens with zero attached hydrogens (tertiary/aromatic N) is 5. The van der Waals surface area contributed by atoms with Gasteiger partial charge in [-0.25, -0.2) is 9.97 Å². The third-order valence-corrected chi connectivity index (χ3v) is 16.5. The summed E-state index contributed by atoms with van der Waals surface area (Å²) in [5, 5.41) is 7.31. The molecule has 0 unspecified atom stereocenters. The van der Waals surface area contributed by atoms with E-state index in [-0.39, 0.29) is 0 Å². The fourth-order valence-corrected chi connectivity index (χ4v) is 12.7. The molecule has 82 heavy (non-hydrogen) atoms. The van der Waals surface area contributed by atoms with E-state index in [9.17, 15) is 0 Å². The first kappa shape index (κ1) is 47.1. The molecule has 0 atom stereocenters. The lowest BCUT2D eigenvalue weighted by Gasteiger charge is -2.22. The first-order valence-corrected chi connectivity index (χ1v) is 28.0. The minimum absolute atomic E-state index is 0.669. The van der Waals surface area contributed by atoms with Crippen LogP contribution in [0.3, 0.4) is 0 Å². The topological polar surface area (TPSA) is 40.6 Å². The Kier molecular flexibility index (Phi) is 11.0. The number of benzene rings is 12. The Morgan fingerprint density at radius 2 is 0.622 bits per heavy atom. The van der Waals surface area contributed by atoms with Gasteiger partial charge in [0.25, 0.3) is 0 Å². The normalized spacial score (nSPS) is 11.7. The van der Waals surface area contributed by atoms with E-state index in [0.717, 1.165) is 78.4 Å². The van der Waals surface area contributed by atoms with E-state index in [4.69, 9.17) is 9.97 Å². The summed E-state index contributed by atoms with van der Waals surface area (Å²) in [6.07, 6.45) is 0. The highest BCUT2D eigenvalue weighted by atomic mass is 15.0. The molecule has 0 bridgehead atoms. The molecule has 0 saturated carbocycles. The summed E-state index contributed by atoms with van der Waals surface area (Å²) in [5.74, 6) is 0.669. The summed E-state index contributed by atoms with van der Waals surface area (Å²) in [4.78, 5) is 10.7. The maximum atomic E-state index is 5.49. The minimum Gasteiger partial charge on any atom is -0.309 e. The van der Waals surface area contributed by atoms with E-state index in [0.29, 0.717) is 5.82 Å². The van der Waals surface area contributed by atoms with Crippen LogP contribution in [0, 0.1) is 6.92 Å². The standard InChI is InChI=1S/C77H51N5/c1-50-19-18-24-55(45-50)56-39-44-75-67(46-56)64-29-12-17-34-74(64)82(75)76-65(51-35-40-58(41-36-51)80-70-30-13-8-25-60(70)61-26-9-14-31-71(61)80)47-57(69-49-68(53-20-4-2-5-21-53)78-77(79-69)54-22-6-3-7-23-54)48-66(76)52-37-42-59(43-38-52)81-72-32-15-10-27-62(72)63-28-11-16-33-73(63)81/h2-49H,1H3. The van der Waals surface area contributed by atoms with Crippen LogP contribution in [0.4, 0.5) is 0 Å². The first-order valence-electron chi connectivity index (χ1n) is 28.0. The summed E-state index contributed by atoms with van der Waals surface area (Å²) >= 11 is 0. The first-order chi connectivity index (χ1) is 40.6. The number of rotatable bonds is 9. The Balaban J connectivity index is 0.993. The summed E-state index contributed by atoms with van der Waals surface area (Å²) in [7, 11) is 0. The molecule has 5 heteroatoms. The Morgan fingerprint density at radius 1 is 0.244 bits per heavy atom. The van der Waals surface area contributed by atoms with Gasteiger partial charge in [0, 0.05) is 71.5 Å². The van der Waals surface area contributed by atoms with Gasteiger partial charge in [-0.1, -0.05) is 212 Å².